The van der Waals surface area contributed by atoms with E-state index in [1.807, 2.05) is 31.2 Å². The Morgan fingerprint density at radius 2 is 2.03 bits per heavy atom. The van der Waals surface area contributed by atoms with E-state index in [1.54, 1.807) is 12.3 Å². The van der Waals surface area contributed by atoms with Crippen LogP contribution in [0.5, 0.6) is 0 Å². The van der Waals surface area contributed by atoms with Crippen LogP contribution in [0.1, 0.15) is 29.5 Å². The number of aromatic nitrogens is 1. The molecule has 6 nitrogen and oxygen atoms in total. The predicted molar refractivity (Wildman–Crippen MR) is 118 cm³/mol. The van der Waals surface area contributed by atoms with Gasteiger partial charge in [-0.15, -0.1) is 11.3 Å². The number of benzene rings is 1. The molecule has 0 spiro atoms. The van der Waals surface area contributed by atoms with Crippen LogP contribution in [0.25, 0.3) is 21.2 Å². The molecule has 3 aromatic rings. The lowest BCUT2D eigenvalue weighted by molar-refractivity contribution is -0.245. The smallest absolute Gasteiger partial charge is 0.398 e. The lowest BCUT2D eigenvalue weighted by Gasteiger charge is -2.30. The van der Waals surface area contributed by atoms with Crippen molar-refractivity contribution < 1.29 is 18.3 Å². The standard InChI is InChI=1S/C22H22F3N5OS/c1-3-21(31,22(23,24)25)19(27)12-30(28)11-14-4-5-16-17(9-14)32-18(10-26)20(16)15-6-7-29-13(2)8-15/h4-9,12,31H,3,11,27-28H2,1-2H3/b19-12-. The van der Waals surface area contributed by atoms with Crippen LogP contribution in [0.2, 0.25) is 0 Å². The third kappa shape index (κ3) is 4.41. The molecule has 0 aliphatic heterocycles. The minimum absolute atomic E-state index is 0.0533. The van der Waals surface area contributed by atoms with Crippen LogP contribution in [-0.4, -0.2) is 26.9 Å². The Labute approximate surface area is 187 Å². The second kappa shape index (κ2) is 8.78. The van der Waals surface area contributed by atoms with Gasteiger partial charge in [0.2, 0.25) is 5.60 Å². The molecule has 0 saturated carbocycles. The maximum Gasteiger partial charge on any atom is 0.422 e. The van der Waals surface area contributed by atoms with Crippen molar-refractivity contribution in [3.63, 3.8) is 0 Å². The molecule has 0 bridgehead atoms. The molecule has 5 N–H and O–H groups in total. The average Bonchev–Trinajstić information content (AvgIpc) is 3.09. The number of rotatable bonds is 6. The first kappa shape index (κ1) is 23.5. The van der Waals surface area contributed by atoms with Gasteiger partial charge in [-0.1, -0.05) is 19.1 Å². The van der Waals surface area contributed by atoms with Crippen molar-refractivity contribution in [2.45, 2.75) is 38.6 Å². The first-order valence-corrected chi connectivity index (χ1v) is 10.5. The summed E-state index contributed by atoms with van der Waals surface area (Å²) in [5.41, 5.74) is 4.85. The molecule has 3 rings (SSSR count). The summed E-state index contributed by atoms with van der Waals surface area (Å²) in [6.07, 6.45) is -2.98. The zero-order valence-corrected chi connectivity index (χ0v) is 18.3. The number of thiophene rings is 1. The first-order chi connectivity index (χ1) is 15.0. The zero-order chi connectivity index (χ0) is 23.7. The predicted octanol–water partition coefficient (Wildman–Crippen LogP) is 4.32. The number of alkyl halides is 3. The van der Waals surface area contributed by atoms with E-state index in [9.17, 15) is 23.5 Å². The Morgan fingerprint density at radius 1 is 1.31 bits per heavy atom. The molecule has 10 heteroatoms. The van der Waals surface area contributed by atoms with Gasteiger partial charge in [0.05, 0.1) is 12.2 Å². The van der Waals surface area contributed by atoms with Crippen molar-refractivity contribution in [1.29, 1.82) is 5.26 Å². The van der Waals surface area contributed by atoms with Crippen molar-refractivity contribution in [1.82, 2.24) is 9.99 Å². The van der Waals surface area contributed by atoms with Gasteiger partial charge >= 0.3 is 6.18 Å². The third-order valence-corrected chi connectivity index (χ3v) is 6.23. The Bertz CT molecular complexity index is 1210. The number of nitrogens with two attached hydrogens (primary N) is 2. The lowest BCUT2D eigenvalue weighted by atomic mass is 9.96. The number of halogens is 3. The second-order valence-electron chi connectivity index (χ2n) is 7.40. The molecule has 2 aromatic heterocycles. The van der Waals surface area contributed by atoms with Gasteiger partial charge in [0.1, 0.15) is 10.9 Å². The van der Waals surface area contributed by atoms with Crippen molar-refractivity contribution in [3.05, 3.63) is 64.6 Å². The van der Waals surface area contributed by atoms with Gasteiger partial charge < -0.3 is 15.8 Å². The summed E-state index contributed by atoms with van der Waals surface area (Å²) in [6.45, 7) is 3.11. The summed E-state index contributed by atoms with van der Waals surface area (Å²) in [4.78, 5) is 4.74. The molecule has 0 aliphatic carbocycles. The monoisotopic (exact) mass is 461 g/mol. The number of fused-ring (bicyclic) bond motifs is 1. The highest BCUT2D eigenvalue weighted by Crippen LogP contribution is 2.39. The molecular weight excluding hydrogens is 439 g/mol. The van der Waals surface area contributed by atoms with E-state index in [0.717, 1.165) is 38.1 Å². The highest BCUT2D eigenvalue weighted by molar-refractivity contribution is 7.20. The van der Waals surface area contributed by atoms with Crippen molar-refractivity contribution in [3.8, 4) is 17.2 Å². The zero-order valence-electron chi connectivity index (χ0n) is 17.4. The van der Waals surface area contributed by atoms with Gasteiger partial charge in [-0.05, 0) is 42.7 Å². The van der Waals surface area contributed by atoms with Gasteiger partial charge in [-0.2, -0.15) is 18.4 Å². The largest absolute Gasteiger partial charge is 0.422 e. The number of pyridine rings is 1. The lowest BCUT2D eigenvalue weighted by Crippen LogP contribution is -2.49. The van der Waals surface area contributed by atoms with Crippen LogP contribution in [0, 0.1) is 18.3 Å². The number of aryl methyl sites for hydroxylation is 1. The van der Waals surface area contributed by atoms with Gasteiger partial charge in [0.25, 0.3) is 0 Å². The van der Waals surface area contributed by atoms with E-state index < -0.39 is 23.9 Å². The second-order valence-corrected chi connectivity index (χ2v) is 8.45. The highest BCUT2D eigenvalue weighted by Gasteiger charge is 2.54. The highest BCUT2D eigenvalue weighted by atomic mass is 32.1. The normalized spacial score (nSPS) is 14.2. The van der Waals surface area contributed by atoms with Crippen LogP contribution < -0.4 is 11.6 Å². The topological polar surface area (TPSA) is 112 Å². The summed E-state index contributed by atoms with van der Waals surface area (Å²) in [5, 5.41) is 21.4. The summed E-state index contributed by atoms with van der Waals surface area (Å²) < 4.78 is 40.4. The van der Waals surface area contributed by atoms with E-state index in [1.165, 1.54) is 18.3 Å². The molecule has 1 atom stereocenters. The van der Waals surface area contributed by atoms with Crippen molar-refractivity contribution >= 4 is 21.4 Å². The summed E-state index contributed by atoms with van der Waals surface area (Å²) in [6, 6.07) is 11.4. The number of aliphatic hydroxyl groups is 1. The SMILES string of the molecule is CCC(O)(/C(N)=C/N(N)Cc1ccc2c(-c3ccnc(C)c3)c(C#N)sc2c1)C(F)(F)F. The van der Waals surface area contributed by atoms with Crippen LogP contribution >= 0.6 is 11.3 Å². The van der Waals surface area contributed by atoms with E-state index in [2.05, 4.69) is 11.1 Å². The minimum atomic E-state index is -4.92. The Balaban J connectivity index is 1.92. The number of hydrogen-bond donors (Lipinski definition) is 3. The summed E-state index contributed by atoms with van der Waals surface area (Å²) >= 11 is 1.32. The van der Waals surface area contributed by atoms with Crippen LogP contribution in [0.4, 0.5) is 13.2 Å². The molecule has 2 heterocycles. The number of hydrogen-bond acceptors (Lipinski definition) is 7. The Hall–Kier alpha value is -3.13. The van der Waals surface area contributed by atoms with Gasteiger partial charge in [0, 0.05) is 33.7 Å². The fourth-order valence-corrected chi connectivity index (χ4v) is 4.50. The summed E-state index contributed by atoms with van der Waals surface area (Å²) in [5.74, 6) is 5.86. The van der Waals surface area contributed by atoms with Gasteiger partial charge in [-0.25, -0.2) is 5.84 Å². The molecule has 1 unspecified atom stereocenters. The third-order valence-electron chi connectivity index (χ3n) is 5.17. The molecule has 0 saturated heterocycles. The number of nitriles is 1. The van der Waals surface area contributed by atoms with Crippen LogP contribution in [0.15, 0.2) is 48.4 Å². The molecule has 168 valence electrons. The van der Waals surface area contributed by atoms with Gasteiger partial charge in [-0.3, -0.25) is 4.98 Å². The number of nitrogens with zero attached hydrogens (tertiary/aromatic N) is 3. The van der Waals surface area contributed by atoms with Crippen molar-refractivity contribution in [2.24, 2.45) is 11.6 Å². The minimum Gasteiger partial charge on any atom is -0.398 e. The molecule has 0 fully saturated rings. The van der Waals surface area contributed by atoms with Crippen LogP contribution in [-0.2, 0) is 6.54 Å². The summed E-state index contributed by atoms with van der Waals surface area (Å²) in [7, 11) is 0. The maximum absolute atomic E-state index is 13.2. The van der Waals surface area contributed by atoms with Gasteiger partial charge in [0.15, 0.2) is 0 Å². The molecule has 0 amide bonds. The maximum atomic E-state index is 13.2. The van der Waals surface area contributed by atoms with Crippen LogP contribution in [0.3, 0.4) is 0 Å². The Kier molecular flexibility index (Phi) is 6.46. The Morgan fingerprint density at radius 3 is 2.62 bits per heavy atom. The molecule has 1 aromatic carbocycles. The molecular formula is C22H22F3N5OS. The molecule has 0 radical (unpaired) electrons. The number of hydrazine groups is 1. The molecule has 32 heavy (non-hydrogen) atoms. The van der Waals surface area contributed by atoms with E-state index in [4.69, 9.17) is 11.6 Å². The van der Waals surface area contributed by atoms with E-state index in [0.29, 0.717) is 10.4 Å². The quantitative estimate of drug-likeness (QED) is 0.372. The van der Waals surface area contributed by atoms with E-state index >= 15 is 0 Å². The molecule has 0 aliphatic rings. The first-order valence-electron chi connectivity index (χ1n) is 9.67. The average molecular weight is 462 g/mol. The fourth-order valence-electron chi connectivity index (χ4n) is 3.42. The van der Waals surface area contributed by atoms with E-state index in [-0.39, 0.29) is 6.54 Å². The fraction of sp³-hybridized carbons (Fsp3) is 0.273. The van der Waals surface area contributed by atoms with Crippen molar-refractivity contribution in [2.75, 3.05) is 0 Å².